The number of aromatic nitrogens is 1. The van der Waals surface area contributed by atoms with E-state index in [0.717, 1.165) is 27.7 Å². The quantitative estimate of drug-likeness (QED) is 0.449. The van der Waals surface area contributed by atoms with Crippen LogP contribution in [0.1, 0.15) is 34.0 Å². The average molecular weight is 393 g/mol. The highest BCUT2D eigenvalue weighted by Gasteiger charge is 2.32. The lowest BCUT2D eigenvalue weighted by Gasteiger charge is -2.30. The highest BCUT2D eigenvalue weighted by Crippen LogP contribution is 2.35. The van der Waals surface area contributed by atoms with Crippen molar-refractivity contribution in [3.63, 3.8) is 0 Å². The van der Waals surface area contributed by atoms with E-state index in [4.69, 9.17) is 5.73 Å². The highest BCUT2D eigenvalue weighted by molar-refractivity contribution is 5.88. The van der Waals surface area contributed by atoms with Gasteiger partial charge in [-0.25, -0.2) is 0 Å². The lowest BCUT2D eigenvalue weighted by molar-refractivity contribution is -0.120. The number of carbonyl (C=O) groups excluding carboxylic acids is 1. The van der Waals surface area contributed by atoms with Crippen LogP contribution in [-0.4, -0.2) is 16.9 Å². The first-order valence-electron chi connectivity index (χ1n) is 10.2. The van der Waals surface area contributed by atoms with Crippen molar-refractivity contribution in [2.24, 2.45) is 5.73 Å². The van der Waals surface area contributed by atoms with E-state index in [2.05, 4.69) is 71.0 Å². The first-order chi connectivity index (χ1) is 14.7. The minimum atomic E-state index is -0.389. The Balaban J connectivity index is 1.49. The molecule has 2 unspecified atom stereocenters. The van der Waals surface area contributed by atoms with Gasteiger partial charge in [0.05, 0.1) is 12.1 Å². The van der Waals surface area contributed by atoms with Crippen molar-refractivity contribution < 1.29 is 4.79 Å². The lowest BCUT2D eigenvalue weighted by Crippen LogP contribution is -2.48. The Morgan fingerprint density at radius 3 is 2.27 bits per heavy atom. The van der Waals surface area contributed by atoms with E-state index in [1.54, 1.807) is 0 Å². The first kappa shape index (κ1) is 18.4. The van der Waals surface area contributed by atoms with Gasteiger partial charge in [0.1, 0.15) is 0 Å². The number of primary amides is 1. The summed E-state index contributed by atoms with van der Waals surface area (Å²) in [5.41, 5.74) is 12.4. The summed E-state index contributed by atoms with van der Waals surface area (Å²) < 4.78 is 0. The number of carbonyl (C=O) groups is 1. The topological polar surface area (TPSA) is 70.9 Å². The van der Waals surface area contributed by atoms with Crippen LogP contribution in [0.2, 0.25) is 0 Å². The largest absolute Gasteiger partial charge is 0.368 e. The van der Waals surface area contributed by atoms with Crippen LogP contribution in [0.4, 0.5) is 0 Å². The van der Waals surface area contributed by atoms with Crippen molar-refractivity contribution in [1.29, 1.82) is 0 Å². The molecule has 3 aromatic carbocycles. The second-order valence-corrected chi connectivity index (χ2v) is 7.73. The van der Waals surface area contributed by atoms with Crippen molar-refractivity contribution >= 4 is 29.0 Å². The molecule has 0 bridgehead atoms. The number of rotatable bonds is 4. The molecule has 1 aliphatic heterocycles. The Morgan fingerprint density at radius 2 is 1.53 bits per heavy atom. The van der Waals surface area contributed by atoms with Crippen LogP contribution in [0.5, 0.6) is 0 Å². The molecule has 4 aromatic rings. The Kier molecular flexibility index (Phi) is 4.69. The van der Waals surface area contributed by atoms with Crippen molar-refractivity contribution in [1.82, 2.24) is 10.3 Å². The first-order valence-corrected chi connectivity index (χ1v) is 10.2. The minimum Gasteiger partial charge on any atom is -0.368 e. The van der Waals surface area contributed by atoms with Crippen LogP contribution in [0.3, 0.4) is 0 Å². The van der Waals surface area contributed by atoms with Crippen molar-refractivity contribution in [2.75, 3.05) is 0 Å². The lowest BCUT2D eigenvalue weighted by atomic mass is 9.90. The maximum Gasteiger partial charge on any atom is 0.234 e. The molecule has 0 spiro atoms. The SMILES string of the molecule is NC(=O)C1Cc2c([nH]c3ccccc23)C(c2ccc(/C=C/c3ccccc3)cc2)N1. The Hall–Kier alpha value is -3.63. The fourth-order valence-electron chi connectivity index (χ4n) is 4.24. The Labute approximate surface area is 175 Å². The molecule has 4 nitrogen and oxygen atoms in total. The summed E-state index contributed by atoms with van der Waals surface area (Å²) in [6.07, 6.45) is 4.81. The summed E-state index contributed by atoms with van der Waals surface area (Å²) in [6.45, 7) is 0. The van der Waals surface area contributed by atoms with Gasteiger partial charge in [-0.1, -0.05) is 84.9 Å². The van der Waals surface area contributed by atoms with Crippen LogP contribution in [-0.2, 0) is 11.2 Å². The third-order valence-corrected chi connectivity index (χ3v) is 5.79. The molecule has 2 heterocycles. The number of hydrogen-bond acceptors (Lipinski definition) is 2. The maximum absolute atomic E-state index is 12.0. The molecule has 1 amide bonds. The van der Waals surface area contributed by atoms with Gasteiger partial charge in [0, 0.05) is 16.6 Å². The average Bonchev–Trinajstić information content (AvgIpc) is 3.17. The van der Waals surface area contributed by atoms with Crippen LogP contribution >= 0.6 is 0 Å². The molecule has 5 rings (SSSR count). The molecule has 148 valence electrons. The predicted molar refractivity (Wildman–Crippen MR) is 122 cm³/mol. The third kappa shape index (κ3) is 3.42. The van der Waals surface area contributed by atoms with E-state index in [-0.39, 0.29) is 18.0 Å². The molecule has 30 heavy (non-hydrogen) atoms. The van der Waals surface area contributed by atoms with Gasteiger partial charge in [-0.2, -0.15) is 0 Å². The molecule has 4 N–H and O–H groups in total. The van der Waals surface area contributed by atoms with Crippen molar-refractivity contribution in [3.8, 4) is 0 Å². The fourth-order valence-corrected chi connectivity index (χ4v) is 4.24. The number of aromatic amines is 1. The monoisotopic (exact) mass is 393 g/mol. The molecule has 4 heteroatoms. The van der Waals surface area contributed by atoms with Crippen molar-refractivity contribution in [3.05, 3.63) is 107 Å². The van der Waals surface area contributed by atoms with Gasteiger partial charge in [-0.15, -0.1) is 0 Å². The molecule has 0 saturated heterocycles. The number of H-pyrrole nitrogens is 1. The predicted octanol–water partition coefficient (Wildman–Crippen LogP) is 4.43. The molecule has 2 atom stereocenters. The smallest absolute Gasteiger partial charge is 0.234 e. The van der Waals surface area contributed by atoms with Gasteiger partial charge in [-0.3, -0.25) is 10.1 Å². The van der Waals surface area contributed by atoms with E-state index < -0.39 is 0 Å². The van der Waals surface area contributed by atoms with Gasteiger partial charge >= 0.3 is 0 Å². The zero-order valence-corrected chi connectivity index (χ0v) is 16.5. The number of nitrogens with one attached hydrogen (secondary N) is 2. The van der Waals surface area contributed by atoms with Gasteiger partial charge < -0.3 is 10.7 Å². The highest BCUT2D eigenvalue weighted by atomic mass is 16.1. The maximum atomic E-state index is 12.0. The zero-order chi connectivity index (χ0) is 20.5. The van der Waals surface area contributed by atoms with E-state index in [9.17, 15) is 4.79 Å². The van der Waals surface area contributed by atoms with Crippen LogP contribution < -0.4 is 11.1 Å². The summed E-state index contributed by atoms with van der Waals surface area (Å²) >= 11 is 0. The van der Waals surface area contributed by atoms with Crippen LogP contribution in [0.15, 0.2) is 78.9 Å². The normalized spacial score (nSPS) is 18.5. The molecule has 0 saturated carbocycles. The molecule has 0 fully saturated rings. The summed E-state index contributed by atoms with van der Waals surface area (Å²) in [6, 6.07) is 26.4. The molecule has 0 aliphatic carbocycles. The fraction of sp³-hybridized carbons (Fsp3) is 0.115. The standard InChI is InChI=1S/C26H23N3O/c27-26(30)23-16-21-20-8-4-5-9-22(20)28-25(21)24(29-23)19-14-12-18(13-15-19)11-10-17-6-2-1-3-7-17/h1-15,23-24,28-29H,16H2,(H2,27,30)/b11-10+. The summed E-state index contributed by atoms with van der Waals surface area (Å²) in [4.78, 5) is 15.6. The summed E-state index contributed by atoms with van der Waals surface area (Å²) in [7, 11) is 0. The van der Waals surface area contributed by atoms with Crippen LogP contribution in [0.25, 0.3) is 23.1 Å². The van der Waals surface area contributed by atoms with E-state index in [1.807, 2.05) is 30.3 Å². The van der Waals surface area contributed by atoms with Crippen LogP contribution in [0, 0.1) is 0 Å². The Morgan fingerprint density at radius 1 is 0.867 bits per heavy atom. The second-order valence-electron chi connectivity index (χ2n) is 7.73. The zero-order valence-electron chi connectivity index (χ0n) is 16.5. The molecule has 1 aliphatic rings. The van der Waals surface area contributed by atoms with E-state index in [0.29, 0.717) is 6.42 Å². The summed E-state index contributed by atoms with van der Waals surface area (Å²) in [5, 5.41) is 4.60. The van der Waals surface area contributed by atoms with Crippen molar-refractivity contribution in [2.45, 2.75) is 18.5 Å². The summed E-state index contributed by atoms with van der Waals surface area (Å²) in [5.74, 6) is -0.321. The Bertz CT molecular complexity index is 1220. The number of amides is 1. The minimum absolute atomic E-state index is 0.106. The number of benzene rings is 3. The number of hydrogen-bond donors (Lipinski definition) is 3. The number of nitrogens with two attached hydrogens (primary N) is 1. The molecular formula is C26H23N3O. The third-order valence-electron chi connectivity index (χ3n) is 5.79. The van der Waals surface area contributed by atoms with Gasteiger partial charge in [0.25, 0.3) is 0 Å². The van der Waals surface area contributed by atoms with E-state index >= 15 is 0 Å². The molecule has 1 aromatic heterocycles. The van der Waals surface area contributed by atoms with Gasteiger partial charge in [0.2, 0.25) is 5.91 Å². The molecule has 0 radical (unpaired) electrons. The van der Waals surface area contributed by atoms with Gasteiger partial charge in [0.15, 0.2) is 0 Å². The number of fused-ring (bicyclic) bond motifs is 3. The van der Waals surface area contributed by atoms with Gasteiger partial charge in [-0.05, 0) is 34.7 Å². The second kappa shape index (κ2) is 7.65. The van der Waals surface area contributed by atoms with E-state index in [1.165, 1.54) is 11.1 Å². The molecular weight excluding hydrogens is 370 g/mol. The number of para-hydroxylation sites is 1.